The van der Waals surface area contributed by atoms with Gasteiger partial charge < -0.3 is 5.32 Å². The topological polar surface area (TPSA) is 35.8 Å². The summed E-state index contributed by atoms with van der Waals surface area (Å²) in [6, 6.07) is 11.8. The van der Waals surface area contributed by atoms with Gasteiger partial charge in [0, 0.05) is 15.8 Å². The second kappa shape index (κ2) is 5.55. The zero-order valence-corrected chi connectivity index (χ0v) is 11.6. The highest BCUT2D eigenvalue weighted by Gasteiger charge is 2.30. The van der Waals surface area contributed by atoms with E-state index in [1.807, 2.05) is 6.07 Å². The molecular weight excluding hydrogens is 333 g/mol. The van der Waals surface area contributed by atoms with E-state index < -0.39 is 11.7 Å². The van der Waals surface area contributed by atoms with Crippen LogP contribution in [0.3, 0.4) is 0 Å². The summed E-state index contributed by atoms with van der Waals surface area (Å²) in [6.07, 6.45) is -4.37. The third-order valence-electron chi connectivity index (χ3n) is 2.57. The predicted molar refractivity (Wildman–Crippen MR) is 73.6 cm³/mol. The van der Waals surface area contributed by atoms with Crippen LogP contribution in [0, 0.1) is 11.3 Å². The number of benzene rings is 2. The summed E-state index contributed by atoms with van der Waals surface area (Å²) in [4.78, 5) is 0. The normalized spacial score (nSPS) is 10.9. The molecule has 0 aliphatic rings. The SMILES string of the molecule is N#Cc1ccc(Nc2cccc(C(F)(F)F)c2)cc1Br. The lowest BCUT2D eigenvalue weighted by atomic mass is 10.1. The van der Waals surface area contributed by atoms with Crippen LogP contribution in [0.1, 0.15) is 11.1 Å². The minimum Gasteiger partial charge on any atom is -0.355 e. The Morgan fingerprint density at radius 2 is 1.75 bits per heavy atom. The number of nitriles is 1. The summed E-state index contributed by atoms with van der Waals surface area (Å²) >= 11 is 3.22. The van der Waals surface area contributed by atoms with Gasteiger partial charge in [0.15, 0.2) is 0 Å². The maximum absolute atomic E-state index is 12.6. The van der Waals surface area contributed by atoms with E-state index in [4.69, 9.17) is 5.26 Å². The van der Waals surface area contributed by atoms with E-state index in [0.717, 1.165) is 12.1 Å². The third kappa shape index (κ3) is 3.31. The van der Waals surface area contributed by atoms with Crippen LogP contribution in [0.5, 0.6) is 0 Å². The van der Waals surface area contributed by atoms with Crippen LogP contribution in [0.25, 0.3) is 0 Å². The molecule has 0 saturated carbocycles. The van der Waals surface area contributed by atoms with E-state index in [0.29, 0.717) is 21.4 Å². The van der Waals surface area contributed by atoms with Gasteiger partial charge in [-0.25, -0.2) is 0 Å². The first-order chi connectivity index (χ1) is 9.40. The highest BCUT2D eigenvalue weighted by Crippen LogP contribution is 2.31. The Hall–Kier alpha value is -2.00. The van der Waals surface area contributed by atoms with E-state index >= 15 is 0 Å². The highest BCUT2D eigenvalue weighted by atomic mass is 79.9. The Balaban J connectivity index is 2.27. The number of alkyl halides is 3. The van der Waals surface area contributed by atoms with Gasteiger partial charge in [-0.15, -0.1) is 0 Å². The van der Waals surface area contributed by atoms with E-state index in [-0.39, 0.29) is 0 Å². The molecule has 2 aromatic rings. The van der Waals surface area contributed by atoms with Crippen molar-refractivity contribution in [3.8, 4) is 6.07 Å². The molecule has 20 heavy (non-hydrogen) atoms. The van der Waals surface area contributed by atoms with Crippen LogP contribution in [0.15, 0.2) is 46.9 Å². The number of hydrogen-bond acceptors (Lipinski definition) is 2. The fourth-order valence-corrected chi connectivity index (χ4v) is 2.09. The minimum absolute atomic E-state index is 0.330. The first-order valence-corrected chi connectivity index (χ1v) is 6.33. The molecule has 0 bridgehead atoms. The largest absolute Gasteiger partial charge is 0.416 e. The van der Waals surface area contributed by atoms with Crippen LogP contribution in [0.4, 0.5) is 24.5 Å². The van der Waals surface area contributed by atoms with Gasteiger partial charge >= 0.3 is 6.18 Å². The van der Waals surface area contributed by atoms with Gasteiger partial charge in [-0.1, -0.05) is 6.07 Å². The van der Waals surface area contributed by atoms with Crippen molar-refractivity contribution in [3.63, 3.8) is 0 Å². The number of hydrogen-bond donors (Lipinski definition) is 1. The fourth-order valence-electron chi connectivity index (χ4n) is 1.62. The van der Waals surface area contributed by atoms with Crippen LogP contribution < -0.4 is 5.32 Å². The van der Waals surface area contributed by atoms with E-state index in [1.54, 1.807) is 24.3 Å². The highest BCUT2D eigenvalue weighted by molar-refractivity contribution is 9.10. The van der Waals surface area contributed by atoms with Crippen molar-refractivity contribution >= 4 is 27.3 Å². The summed E-state index contributed by atoms with van der Waals surface area (Å²) < 4.78 is 38.4. The monoisotopic (exact) mass is 340 g/mol. The van der Waals surface area contributed by atoms with Crippen molar-refractivity contribution in [1.29, 1.82) is 5.26 Å². The maximum atomic E-state index is 12.6. The summed E-state index contributed by atoms with van der Waals surface area (Å²) in [7, 11) is 0. The molecule has 2 aromatic carbocycles. The first-order valence-electron chi connectivity index (χ1n) is 5.54. The van der Waals surface area contributed by atoms with Gasteiger partial charge in [0.05, 0.1) is 11.1 Å². The Kier molecular flexibility index (Phi) is 4.00. The zero-order valence-electron chi connectivity index (χ0n) is 10.0. The van der Waals surface area contributed by atoms with Crippen molar-refractivity contribution < 1.29 is 13.2 Å². The third-order valence-corrected chi connectivity index (χ3v) is 3.22. The molecule has 102 valence electrons. The second-order valence-electron chi connectivity index (χ2n) is 4.01. The Morgan fingerprint density at radius 3 is 2.35 bits per heavy atom. The summed E-state index contributed by atoms with van der Waals surface area (Å²) in [5, 5.41) is 11.7. The molecule has 0 saturated heterocycles. The van der Waals surface area contributed by atoms with Crippen LogP contribution >= 0.6 is 15.9 Å². The predicted octanol–water partition coefficient (Wildman–Crippen LogP) is 5.08. The molecule has 0 atom stereocenters. The van der Waals surface area contributed by atoms with Crippen molar-refractivity contribution in [1.82, 2.24) is 0 Å². The van der Waals surface area contributed by atoms with E-state index in [9.17, 15) is 13.2 Å². The smallest absolute Gasteiger partial charge is 0.355 e. The number of rotatable bonds is 2. The van der Waals surface area contributed by atoms with Gasteiger partial charge in [-0.2, -0.15) is 18.4 Å². The molecule has 0 spiro atoms. The van der Waals surface area contributed by atoms with Gasteiger partial charge in [-0.05, 0) is 52.3 Å². The van der Waals surface area contributed by atoms with Crippen LogP contribution in [-0.4, -0.2) is 0 Å². The quantitative estimate of drug-likeness (QED) is 0.827. The van der Waals surface area contributed by atoms with Crippen molar-refractivity contribution in [2.24, 2.45) is 0 Å². The average Bonchev–Trinajstić information content (AvgIpc) is 2.38. The molecule has 0 heterocycles. The minimum atomic E-state index is -4.37. The number of anilines is 2. The van der Waals surface area contributed by atoms with Crippen LogP contribution in [0.2, 0.25) is 0 Å². The molecular formula is C14H8BrF3N2. The van der Waals surface area contributed by atoms with Crippen molar-refractivity contribution in [3.05, 3.63) is 58.1 Å². The van der Waals surface area contributed by atoms with E-state index in [1.165, 1.54) is 6.07 Å². The average molecular weight is 341 g/mol. The maximum Gasteiger partial charge on any atom is 0.416 e. The molecule has 0 aliphatic heterocycles. The summed E-state index contributed by atoms with van der Waals surface area (Å²) in [5.41, 5.74) is 0.668. The lowest BCUT2D eigenvalue weighted by Crippen LogP contribution is -2.05. The zero-order chi connectivity index (χ0) is 14.8. The standard InChI is InChI=1S/C14H8BrF3N2/c15-13-7-12(5-4-9(13)8-19)20-11-3-1-2-10(6-11)14(16,17)18/h1-7,20H. The summed E-state index contributed by atoms with van der Waals surface area (Å²) in [5.74, 6) is 0. The molecule has 0 fully saturated rings. The van der Waals surface area contributed by atoms with Gasteiger partial charge in [0.2, 0.25) is 0 Å². The molecule has 0 unspecified atom stereocenters. The van der Waals surface area contributed by atoms with Gasteiger partial charge in [-0.3, -0.25) is 0 Å². The lowest BCUT2D eigenvalue weighted by Gasteiger charge is -2.11. The van der Waals surface area contributed by atoms with Gasteiger partial charge in [0.25, 0.3) is 0 Å². The molecule has 1 N–H and O–H groups in total. The molecule has 6 heteroatoms. The number of nitrogens with zero attached hydrogens (tertiary/aromatic N) is 1. The van der Waals surface area contributed by atoms with Crippen LogP contribution in [-0.2, 0) is 6.18 Å². The van der Waals surface area contributed by atoms with Crippen molar-refractivity contribution in [2.75, 3.05) is 5.32 Å². The number of nitrogens with one attached hydrogen (secondary N) is 1. The van der Waals surface area contributed by atoms with E-state index in [2.05, 4.69) is 21.2 Å². The molecule has 0 amide bonds. The number of halogens is 4. The molecule has 0 aromatic heterocycles. The summed E-state index contributed by atoms with van der Waals surface area (Å²) in [6.45, 7) is 0. The Bertz CT molecular complexity index is 675. The lowest BCUT2D eigenvalue weighted by molar-refractivity contribution is -0.137. The fraction of sp³-hybridized carbons (Fsp3) is 0.0714. The Morgan fingerprint density at radius 1 is 1.05 bits per heavy atom. The first kappa shape index (κ1) is 14.4. The molecule has 2 nitrogen and oxygen atoms in total. The Labute approximate surface area is 122 Å². The second-order valence-corrected chi connectivity index (χ2v) is 4.86. The van der Waals surface area contributed by atoms with Gasteiger partial charge in [0.1, 0.15) is 6.07 Å². The molecule has 0 aliphatic carbocycles. The van der Waals surface area contributed by atoms with Crippen molar-refractivity contribution in [2.45, 2.75) is 6.18 Å². The molecule has 0 radical (unpaired) electrons. The molecule has 2 rings (SSSR count).